The highest BCUT2D eigenvalue weighted by Gasteiger charge is 2.24. The van der Waals surface area contributed by atoms with Gasteiger partial charge in [-0.15, -0.1) is 0 Å². The fourth-order valence-corrected chi connectivity index (χ4v) is 3.08. The van der Waals surface area contributed by atoms with Crippen LogP contribution in [0.4, 0.5) is 10.1 Å². The highest BCUT2D eigenvalue weighted by atomic mass is 19.1. The summed E-state index contributed by atoms with van der Waals surface area (Å²) in [5.41, 5.74) is 2.22. The molecular weight excluding hydrogens is 355 g/mol. The molecule has 0 fully saturated rings. The molecule has 0 aliphatic heterocycles. The van der Waals surface area contributed by atoms with Crippen LogP contribution < -0.4 is 15.4 Å². The van der Waals surface area contributed by atoms with Gasteiger partial charge in [-0.05, 0) is 23.8 Å². The van der Waals surface area contributed by atoms with Crippen LogP contribution in [0.2, 0.25) is 0 Å². The summed E-state index contributed by atoms with van der Waals surface area (Å²) in [4.78, 5) is 13.0. The maximum absolute atomic E-state index is 13.8. The zero-order valence-corrected chi connectivity index (χ0v) is 15.8. The van der Waals surface area contributed by atoms with Crippen LogP contribution in [-0.4, -0.2) is 19.6 Å². The van der Waals surface area contributed by atoms with Crippen LogP contribution in [0.1, 0.15) is 17.2 Å². The van der Waals surface area contributed by atoms with Gasteiger partial charge in [0.2, 0.25) is 0 Å². The first-order chi connectivity index (χ1) is 13.7. The van der Waals surface area contributed by atoms with Gasteiger partial charge in [0.25, 0.3) is 5.91 Å². The fourth-order valence-electron chi connectivity index (χ4n) is 3.08. The van der Waals surface area contributed by atoms with E-state index in [2.05, 4.69) is 5.32 Å². The molecule has 0 heterocycles. The SMILES string of the molecule is COc1cccc(NC(=O)[C@@H]([NH2+]CCc2ccccc2F)c2ccccc2)c1. The number of rotatable bonds is 8. The molecule has 0 saturated heterocycles. The van der Waals surface area contributed by atoms with E-state index < -0.39 is 6.04 Å². The number of hydrogen-bond donors (Lipinski definition) is 2. The number of nitrogens with two attached hydrogens (primary N) is 1. The average molecular weight is 379 g/mol. The summed E-state index contributed by atoms with van der Waals surface area (Å²) < 4.78 is 19.1. The van der Waals surface area contributed by atoms with Crippen molar-refractivity contribution in [2.75, 3.05) is 19.0 Å². The number of anilines is 1. The zero-order valence-electron chi connectivity index (χ0n) is 15.8. The minimum absolute atomic E-state index is 0.131. The highest BCUT2D eigenvalue weighted by molar-refractivity contribution is 5.94. The number of methoxy groups -OCH3 is 1. The third kappa shape index (κ3) is 5.18. The molecule has 0 radical (unpaired) electrons. The van der Waals surface area contributed by atoms with E-state index in [1.165, 1.54) is 6.07 Å². The molecule has 0 spiro atoms. The largest absolute Gasteiger partial charge is 0.497 e. The van der Waals surface area contributed by atoms with Gasteiger partial charge >= 0.3 is 0 Å². The number of amides is 1. The Hall–Kier alpha value is -3.18. The molecule has 0 unspecified atom stereocenters. The Balaban J connectivity index is 1.71. The summed E-state index contributed by atoms with van der Waals surface area (Å²) in [6, 6.07) is 23.1. The number of carbonyl (C=O) groups excluding carboxylic acids is 1. The summed E-state index contributed by atoms with van der Waals surface area (Å²) in [5, 5.41) is 4.89. The molecule has 0 saturated carbocycles. The lowest BCUT2D eigenvalue weighted by molar-refractivity contribution is -0.682. The van der Waals surface area contributed by atoms with Crippen molar-refractivity contribution in [3.63, 3.8) is 0 Å². The summed E-state index contributed by atoms with van der Waals surface area (Å²) in [6.45, 7) is 0.589. The minimum atomic E-state index is -0.431. The van der Waals surface area contributed by atoms with Crippen molar-refractivity contribution < 1.29 is 19.2 Å². The third-order valence-electron chi connectivity index (χ3n) is 4.55. The van der Waals surface area contributed by atoms with Gasteiger partial charge in [-0.3, -0.25) is 4.79 Å². The number of carbonyl (C=O) groups is 1. The van der Waals surface area contributed by atoms with Crippen LogP contribution in [-0.2, 0) is 11.2 Å². The molecule has 28 heavy (non-hydrogen) atoms. The summed E-state index contributed by atoms with van der Waals surface area (Å²) >= 11 is 0. The maximum Gasteiger partial charge on any atom is 0.287 e. The van der Waals surface area contributed by atoms with Crippen LogP contribution in [0, 0.1) is 5.82 Å². The molecule has 144 valence electrons. The number of benzene rings is 3. The molecule has 0 aliphatic carbocycles. The van der Waals surface area contributed by atoms with Crippen molar-refractivity contribution in [3.8, 4) is 5.75 Å². The fraction of sp³-hybridized carbons (Fsp3) is 0.174. The Kier molecular flexibility index (Phi) is 6.76. The van der Waals surface area contributed by atoms with Crippen molar-refractivity contribution in [1.82, 2.24) is 0 Å². The predicted octanol–water partition coefficient (Wildman–Crippen LogP) is 3.32. The topological polar surface area (TPSA) is 54.9 Å². The molecule has 3 aromatic carbocycles. The molecule has 1 amide bonds. The molecular formula is C23H24FN2O2+. The molecule has 3 N–H and O–H groups in total. The van der Waals surface area contributed by atoms with Gasteiger partial charge in [-0.1, -0.05) is 54.6 Å². The Morgan fingerprint density at radius 1 is 1.04 bits per heavy atom. The quantitative estimate of drug-likeness (QED) is 0.631. The molecule has 1 atom stereocenters. The smallest absolute Gasteiger partial charge is 0.287 e. The highest BCUT2D eigenvalue weighted by Crippen LogP contribution is 2.18. The first kappa shape index (κ1) is 19.6. The van der Waals surface area contributed by atoms with E-state index >= 15 is 0 Å². The second kappa shape index (κ2) is 9.67. The molecule has 0 aromatic heterocycles. The maximum atomic E-state index is 13.8. The van der Waals surface area contributed by atoms with Gasteiger partial charge < -0.3 is 15.4 Å². The Morgan fingerprint density at radius 3 is 2.54 bits per heavy atom. The standard InChI is InChI=1S/C23H23FN2O2/c1-28-20-12-7-11-19(16-20)26-23(27)22(18-9-3-2-4-10-18)25-15-14-17-8-5-6-13-21(17)24/h2-13,16,22,25H,14-15H2,1H3,(H,26,27)/p+1/t22-/m0/s1. The third-order valence-corrected chi connectivity index (χ3v) is 4.55. The Labute approximate surface area is 164 Å². The van der Waals surface area contributed by atoms with E-state index in [1.54, 1.807) is 25.3 Å². The van der Waals surface area contributed by atoms with Crippen molar-refractivity contribution in [3.05, 3.63) is 95.8 Å². The molecule has 0 aliphatic rings. The van der Waals surface area contributed by atoms with E-state index in [-0.39, 0.29) is 11.7 Å². The van der Waals surface area contributed by atoms with Gasteiger partial charge in [0.05, 0.1) is 13.7 Å². The second-order valence-electron chi connectivity index (χ2n) is 6.48. The summed E-state index contributed by atoms with van der Waals surface area (Å²) in [7, 11) is 1.59. The van der Waals surface area contributed by atoms with E-state index in [4.69, 9.17) is 4.74 Å². The molecule has 3 rings (SSSR count). The molecule has 4 nitrogen and oxygen atoms in total. The first-order valence-electron chi connectivity index (χ1n) is 9.24. The molecule has 0 bridgehead atoms. The van der Waals surface area contributed by atoms with E-state index in [0.717, 1.165) is 5.56 Å². The van der Waals surface area contributed by atoms with E-state index in [0.29, 0.717) is 30.0 Å². The summed E-state index contributed by atoms with van der Waals surface area (Å²) in [5.74, 6) is 0.332. The number of quaternary nitrogens is 1. The van der Waals surface area contributed by atoms with Crippen LogP contribution in [0.5, 0.6) is 5.75 Å². The lowest BCUT2D eigenvalue weighted by atomic mass is 10.1. The Morgan fingerprint density at radius 2 is 1.79 bits per heavy atom. The second-order valence-corrected chi connectivity index (χ2v) is 6.48. The zero-order chi connectivity index (χ0) is 19.8. The van der Waals surface area contributed by atoms with Gasteiger partial charge in [-0.2, -0.15) is 0 Å². The van der Waals surface area contributed by atoms with Crippen molar-refractivity contribution in [2.24, 2.45) is 0 Å². The van der Waals surface area contributed by atoms with Crippen LogP contribution >= 0.6 is 0 Å². The van der Waals surface area contributed by atoms with Crippen molar-refractivity contribution in [2.45, 2.75) is 12.5 Å². The Bertz CT molecular complexity index is 915. The van der Waals surface area contributed by atoms with Gasteiger partial charge in [0.15, 0.2) is 6.04 Å². The number of ether oxygens (including phenoxy) is 1. The van der Waals surface area contributed by atoms with Crippen molar-refractivity contribution in [1.29, 1.82) is 0 Å². The van der Waals surface area contributed by atoms with Gasteiger partial charge in [0.1, 0.15) is 11.6 Å². The molecule has 5 heteroatoms. The van der Waals surface area contributed by atoms with Gasteiger partial charge in [-0.25, -0.2) is 4.39 Å². The van der Waals surface area contributed by atoms with Crippen molar-refractivity contribution >= 4 is 11.6 Å². The normalized spacial score (nSPS) is 11.6. The number of hydrogen-bond acceptors (Lipinski definition) is 2. The number of nitrogens with one attached hydrogen (secondary N) is 1. The summed E-state index contributed by atoms with van der Waals surface area (Å²) in [6.07, 6.45) is 0.544. The number of halogens is 1. The minimum Gasteiger partial charge on any atom is -0.497 e. The van der Waals surface area contributed by atoms with Gasteiger partial charge in [0, 0.05) is 23.7 Å². The van der Waals surface area contributed by atoms with Crippen LogP contribution in [0.15, 0.2) is 78.9 Å². The lowest BCUT2D eigenvalue weighted by Crippen LogP contribution is -2.87. The average Bonchev–Trinajstić information content (AvgIpc) is 2.73. The van der Waals surface area contributed by atoms with E-state index in [9.17, 15) is 9.18 Å². The first-order valence-corrected chi connectivity index (χ1v) is 9.24. The lowest BCUT2D eigenvalue weighted by Gasteiger charge is -2.16. The predicted molar refractivity (Wildman–Crippen MR) is 108 cm³/mol. The monoisotopic (exact) mass is 379 g/mol. The van der Waals surface area contributed by atoms with E-state index in [1.807, 2.05) is 59.9 Å². The van der Waals surface area contributed by atoms with Crippen LogP contribution in [0.3, 0.4) is 0 Å². The molecule has 3 aromatic rings. The van der Waals surface area contributed by atoms with Crippen LogP contribution in [0.25, 0.3) is 0 Å².